The van der Waals surface area contributed by atoms with Gasteiger partial charge in [-0.2, -0.15) is 0 Å². The Morgan fingerprint density at radius 1 is 1.28 bits per heavy atom. The van der Waals surface area contributed by atoms with Crippen LogP contribution >= 0.6 is 47.5 Å². The molecule has 0 radical (unpaired) electrons. The van der Waals surface area contributed by atoms with Gasteiger partial charge in [-0.05, 0) is 31.5 Å². The lowest BCUT2D eigenvalue weighted by atomic mass is 10.2. The highest BCUT2D eigenvalue weighted by atomic mass is 35.5. The van der Waals surface area contributed by atoms with E-state index in [1.54, 1.807) is 11.3 Å². The smallest absolute Gasteiger partial charge is 0.261 e. The third-order valence-corrected chi connectivity index (χ3v) is 5.51. The number of hydrogen-bond donors (Lipinski definition) is 3. The Kier molecular flexibility index (Phi) is 8.11. The minimum atomic E-state index is -0.0911. The van der Waals surface area contributed by atoms with E-state index in [0.29, 0.717) is 11.4 Å². The molecule has 9 heteroatoms. The van der Waals surface area contributed by atoms with Crippen molar-refractivity contribution in [2.24, 2.45) is 5.73 Å². The van der Waals surface area contributed by atoms with E-state index in [1.165, 1.54) is 16.9 Å². The van der Waals surface area contributed by atoms with Crippen LogP contribution in [0.4, 0.5) is 10.8 Å². The van der Waals surface area contributed by atoms with Gasteiger partial charge in [0.2, 0.25) is 0 Å². The predicted octanol–water partition coefficient (Wildman–Crippen LogP) is 4.33. The highest BCUT2D eigenvalue weighted by molar-refractivity contribution is 7.29. The van der Waals surface area contributed by atoms with Gasteiger partial charge in [-0.1, -0.05) is 29.5 Å². The molecule has 0 saturated carbocycles. The third kappa shape index (κ3) is 5.05. The number of amides is 1. The lowest BCUT2D eigenvalue weighted by Crippen LogP contribution is -2.37. The molecule has 0 aliphatic rings. The average Bonchev–Trinajstić information content (AvgIpc) is 3.07. The molecule has 2 aromatic heterocycles. The average molecular weight is 419 g/mol. The Hall–Kier alpha value is -1.38. The fourth-order valence-electron chi connectivity index (χ4n) is 2.08. The molecule has 0 bridgehead atoms. The molecule has 0 fully saturated rings. The van der Waals surface area contributed by atoms with E-state index in [4.69, 9.17) is 5.73 Å². The Morgan fingerprint density at radius 3 is 2.64 bits per heavy atom. The van der Waals surface area contributed by atoms with Crippen LogP contribution in [-0.4, -0.2) is 23.5 Å². The van der Waals surface area contributed by atoms with E-state index in [-0.39, 0.29) is 36.8 Å². The van der Waals surface area contributed by atoms with Crippen molar-refractivity contribution in [2.75, 3.05) is 11.9 Å². The predicted molar refractivity (Wildman–Crippen MR) is 112 cm³/mol. The maximum absolute atomic E-state index is 12.1. The van der Waals surface area contributed by atoms with Crippen LogP contribution in [0.25, 0.3) is 9.53 Å². The van der Waals surface area contributed by atoms with Gasteiger partial charge in [-0.25, -0.2) is 4.98 Å². The van der Waals surface area contributed by atoms with E-state index in [9.17, 15) is 4.79 Å². The van der Waals surface area contributed by atoms with Gasteiger partial charge in [0.15, 0.2) is 5.13 Å². The number of carbonyl (C=O) groups is 1. The lowest BCUT2D eigenvalue weighted by Gasteiger charge is -2.09. The number of hydrogen-bond acceptors (Lipinski definition) is 6. The van der Waals surface area contributed by atoms with Gasteiger partial charge in [-0.15, -0.1) is 36.2 Å². The van der Waals surface area contributed by atoms with Gasteiger partial charge in [0, 0.05) is 18.3 Å². The second-order valence-electron chi connectivity index (χ2n) is 5.35. The zero-order chi connectivity index (χ0) is 16.4. The summed E-state index contributed by atoms with van der Waals surface area (Å²) in [4.78, 5) is 18.2. The first-order valence-corrected chi connectivity index (χ1v) is 8.94. The molecule has 0 unspecified atom stereocenters. The normalized spacial score (nSPS) is 11.3. The monoisotopic (exact) mass is 418 g/mol. The van der Waals surface area contributed by atoms with Crippen LogP contribution in [-0.2, 0) is 0 Å². The first-order chi connectivity index (χ1) is 11.1. The largest absolute Gasteiger partial charge is 0.348 e. The van der Waals surface area contributed by atoms with Crippen molar-refractivity contribution in [1.82, 2.24) is 10.3 Å². The SMILES string of the molecule is Cc1ccccc1Nc1nc2sc(C(=O)N[C@@H](C)CN)cc2s1.Cl.Cl. The van der Waals surface area contributed by atoms with Crippen molar-refractivity contribution < 1.29 is 4.79 Å². The molecule has 1 atom stereocenters. The van der Waals surface area contributed by atoms with Crippen molar-refractivity contribution >= 4 is 73.7 Å². The van der Waals surface area contributed by atoms with Crippen LogP contribution in [0.1, 0.15) is 22.2 Å². The van der Waals surface area contributed by atoms with Gasteiger partial charge < -0.3 is 16.4 Å². The molecule has 0 spiro atoms. The van der Waals surface area contributed by atoms with Gasteiger partial charge in [0.1, 0.15) is 4.83 Å². The molecule has 25 heavy (non-hydrogen) atoms. The van der Waals surface area contributed by atoms with Gasteiger partial charge >= 0.3 is 0 Å². The molecule has 3 rings (SSSR count). The van der Waals surface area contributed by atoms with Crippen LogP contribution in [0.3, 0.4) is 0 Å². The quantitative estimate of drug-likeness (QED) is 0.575. The van der Waals surface area contributed by atoms with E-state index >= 15 is 0 Å². The number of halogens is 2. The Bertz CT molecular complexity index is 818. The van der Waals surface area contributed by atoms with Crippen molar-refractivity contribution in [3.8, 4) is 0 Å². The number of rotatable bonds is 5. The summed E-state index contributed by atoms with van der Waals surface area (Å²) in [6, 6.07) is 9.94. The van der Waals surface area contributed by atoms with Crippen molar-refractivity contribution in [3.63, 3.8) is 0 Å². The summed E-state index contributed by atoms with van der Waals surface area (Å²) in [5.74, 6) is -0.0911. The number of nitrogens with two attached hydrogens (primary N) is 1. The maximum Gasteiger partial charge on any atom is 0.261 e. The highest BCUT2D eigenvalue weighted by Crippen LogP contribution is 2.34. The summed E-state index contributed by atoms with van der Waals surface area (Å²) < 4.78 is 1.01. The second-order valence-corrected chi connectivity index (χ2v) is 7.41. The summed E-state index contributed by atoms with van der Waals surface area (Å²) in [6.45, 7) is 4.36. The molecule has 1 amide bonds. The molecule has 4 N–H and O–H groups in total. The summed E-state index contributed by atoms with van der Waals surface area (Å²) in [6.07, 6.45) is 0. The first kappa shape index (κ1) is 21.7. The van der Waals surface area contributed by atoms with E-state index < -0.39 is 0 Å². The number of anilines is 2. The Balaban J connectivity index is 0.00000156. The molecular formula is C16H20Cl2N4OS2. The zero-order valence-electron chi connectivity index (χ0n) is 13.7. The van der Waals surface area contributed by atoms with E-state index in [0.717, 1.165) is 20.3 Å². The van der Waals surface area contributed by atoms with Crippen LogP contribution in [0.5, 0.6) is 0 Å². The van der Waals surface area contributed by atoms with Crippen LogP contribution < -0.4 is 16.4 Å². The second kappa shape index (κ2) is 9.35. The summed E-state index contributed by atoms with van der Waals surface area (Å²) in [5, 5.41) is 7.04. The molecular weight excluding hydrogens is 399 g/mol. The molecule has 5 nitrogen and oxygen atoms in total. The number of nitrogens with zero attached hydrogens (tertiary/aromatic N) is 1. The summed E-state index contributed by atoms with van der Waals surface area (Å²) in [7, 11) is 0. The number of thiophene rings is 1. The zero-order valence-corrected chi connectivity index (χ0v) is 17.0. The Labute approximate surface area is 166 Å². The van der Waals surface area contributed by atoms with Crippen LogP contribution in [0, 0.1) is 6.92 Å². The topological polar surface area (TPSA) is 80.0 Å². The number of aromatic nitrogens is 1. The van der Waals surface area contributed by atoms with E-state index in [1.807, 2.05) is 31.2 Å². The Morgan fingerprint density at radius 2 is 2.00 bits per heavy atom. The fraction of sp³-hybridized carbons (Fsp3) is 0.250. The minimum absolute atomic E-state index is 0. The molecule has 0 aliphatic heterocycles. The highest BCUT2D eigenvalue weighted by Gasteiger charge is 2.15. The van der Waals surface area contributed by atoms with Gasteiger partial charge in [0.25, 0.3) is 5.91 Å². The number of carbonyl (C=O) groups excluding carboxylic acids is 1. The third-order valence-electron chi connectivity index (χ3n) is 3.43. The molecule has 0 aliphatic carbocycles. The molecule has 1 aromatic carbocycles. The number of thiazole rings is 1. The molecule has 0 saturated heterocycles. The van der Waals surface area contributed by atoms with E-state index in [2.05, 4.69) is 28.6 Å². The molecule has 3 aromatic rings. The van der Waals surface area contributed by atoms with Crippen molar-refractivity contribution in [3.05, 3.63) is 40.8 Å². The summed E-state index contributed by atoms with van der Waals surface area (Å²) in [5.41, 5.74) is 7.74. The number of aryl methyl sites for hydroxylation is 1. The molecule has 136 valence electrons. The number of nitrogens with one attached hydrogen (secondary N) is 2. The first-order valence-electron chi connectivity index (χ1n) is 7.31. The number of fused-ring (bicyclic) bond motifs is 1. The van der Waals surface area contributed by atoms with Crippen molar-refractivity contribution in [1.29, 1.82) is 0 Å². The standard InChI is InChI=1S/C16H18N4OS2.2ClH/c1-9-5-3-4-6-11(9)19-16-20-15-13(23-16)7-12(22-15)14(21)18-10(2)8-17;;/h3-7,10H,8,17H2,1-2H3,(H,18,21)(H,19,20);2*1H/t10-;;/m0../s1. The lowest BCUT2D eigenvalue weighted by molar-refractivity contribution is 0.0945. The van der Waals surface area contributed by atoms with Gasteiger partial charge in [0.05, 0.1) is 9.58 Å². The fourth-order valence-corrected chi connectivity index (χ4v) is 4.11. The van der Waals surface area contributed by atoms with Crippen molar-refractivity contribution in [2.45, 2.75) is 19.9 Å². The maximum atomic E-state index is 12.1. The van der Waals surface area contributed by atoms with Crippen LogP contribution in [0.2, 0.25) is 0 Å². The van der Waals surface area contributed by atoms with Crippen LogP contribution in [0.15, 0.2) is 30.3 Å². The molecule has 2 heterocycles. The number of para-hydroxylation sites is 1. The summed E-state index contributed by atoms with van der Waals surface area (Å²) >= 11 is 2.95. The van der Waals surface area contributed by atoms with Gasteiger partial charge in [-0.3, -0.25) is 4.79 Å². The minimum Gasteiger partial charge on any atom is -0.348 e. The number of benzene rings is 1.